The van der Waals surface area contributed by atoms with Gasteiger partial charge in [-0.05, 0) is 24.4 Å². The van der Waals surface area contributed by atoms with Gasteiger partial charge in [0.15, 0.2) is 0 Å². The number of nitrogens with zero attached hydrogens (tertiary/aromatic N) is 2. The van der Waals surface area contributed by atoms with Crippen LogP contribution in [-0.4, -0.2) is 48.6 Å². The molecule has 0 atom stereocenters. The van der Waals surface area contributed by atoms with E-state index in [4.69, 9.17) is 0 Å². The van der Waals surface area contributed by atoms with Crippen molar-refractivity contribution < 1.29 is 4.79 Å². The van der Waals surface area contributed by atoms with Gasteiger partial charge in [0.1, 0.15) is 0 Å². The van der Waals surface area contributed by atoms with Gasteiger partial charge in [-0.2, -0.15) is 0 Å². The zero-order chi connectivity index (χ0) is 16.1. The van der Waals surface area contributed by atoms with Crippen molar-refractivity contribution in [2.75, 3.05) is 38.0 Å². The number of hydrogen-bond acceptors (Lipinski definition) is 2. The molecule has 4 nitrogen and oxygen atoms in total. The first-order valence-electron chi connectivity index (χ1n) is 8.54. The molecule has 2 aromatic carbocycles. The fraction of sp³-hybridized carbons (Fsp3) is 0.421. The Morgan fingerprint density at radius 1 is 1.04 bits per heavy atom. The van der Waals surface area contributed by atoms with Crippen molar-refractivity contribution >= 4 is 22.5 Å². The number of carbonyl (C=O) groups excluding carboxylic acids is 1. The van der Waals surface area contributed by atoms with Crippen LogP contribution >= 0.6 is 0 Å². The van der Waals surface area contributed by atoms with Crippen LogP contribution in [0.25, 0.3) is 10.8 Å². The zero-order valence-corrected chi connectivity index (χ0v) is 13.8. The van der Waals surface area contributed by atoms with Crippen LogP contribution in [0.15, 0.2) is 42.5 Å². The first-order chi connectivity index (χ1) is 11.3. The van der Waals surface area contributed by atoms with Gasteiger partial charge >= 0.3 is 6.03 Å². The van der Waals surface area contributed by atoms with Crippen LogP contribution in [0.2, 0.25) is 0 Å². The monoisotopic (exact) mass is 311 g/mol. The lowest BCUT2D eigenvalue weighted by Gasteiger charge is -2.34. The Bertz CT molecular complexity index is 657. The second kappa shape index (κ2) is 7.47. The second-order valence-corrected chi connectivity index (χ2v) is 6.14. The number of fused-ring (bicyclic) bond motifs is 1. The highest BCUT2D eigenvalue weighted by molar-refractivity contribution is 6.01. The Labute approximate surface area is 138 Å². The largest absolute Gasteiger partial charge is 0.322 e. The van der Waals surface area contributed by atoms with Crippen LogP contribution in [0.3, 0.4) is 0 Å². The third kappa shape index (κ3) is 3.82. The predicted octanol–water partition coefficient (Wildman–Crippen LogP) is 3.79. The van der Waals surface area contributed by atoms with Gasteiger partial charge in [0.25, 0.3) is 0 Å². The van der Waals surface area contributed by atoms with Crippen molar-refractivity contribution in [3.63, 3.8) is 0 Å². The van der Waals surface area contributed by atoms with Gasteiger partial charge in [-0.25, -0.2) is 4.79 Å². The standard InChI is InChI=1S/C19H25N3O/c1-2-3-11-21-12-14-22(15-13-21)19(23)20-18-10-6-8-16-7-4-5-9-17(16)18/h4-10H,2-3,11-15H2,1H3,(H,20,23). The molecule has 122 valence electrons. The number of anilines is 1. The van der Waals surface area contributed by atoms with Crippen molar-refractivity contribution in [3.8, 4) is 0 Å². The van der Waals surface area contributed by atoms with Gasteiger partial charge in [-0.1, -0.05) is 49.7 Å². The van der Waals surface area contributed by atoms with Crippen LogP contribution < -0.4 is 5.32 Å². The summed E-state index contributed by atoms with van der Waals surface area (Å²) in [6.07, 6.45) is 2.46. The fourth-order valence-electron chi connectivity index (χ4n) is 3.08. The molecular formula is C19H25N3O. The maximum absolute atomic E-state index is 12.5. The third-order valence-corrected chi connectivity index (χ3v) is 4.52. The number of rotatable bonds is 4. The molecule has 2 amide bonds. The predicted molar refractivity (Wildman–Crippen MR) is 95.9 cm³/mol. The lowest BCUT2D eigenvalue weighted by molar-refractivity contribution is 0.146. The summed E-state index contributed by atoms with van der Waals surface area (Å²) in [4.78, 5) is 16.9. The maximum atomic E-state index is 12.5. The van der Waals surface area contributed by atoms with E-state index in [9.17, 15) is 4.79 Å². The highest BCUT2D eigenvalue weighted by Crippen LogP contribution is 2.23. The molecule has 1 heterocycles. The topological polar surface area (TPSA) is 35.6 Å². The maximum Gasteiger partial charge on any atom is 0.321 e. The lowest BCUT2D eigenvalue weighted by atomic mass is 10.1. The van der Waals surface area contributed by atoms with E-state index in [-0.39, 0.29) is 6.03 Å². The van der Waals surface area contributed by atoms with Gasteiger partial charge < -0.3 is 10.2 Å². The molecular weight excluding hydrogens is 286 g/mol. The molecule has 0 radical (unpaired) electrons. The van der Waals surface area contributed by atoms with Crippen molar-refractivity contribution in [3.05, 3.63) is 42.5 Å². The molecule has 0 spiro atoms. The van der Waals surface area contributed by atoms with Crippen LogP contribution in [-0.2, 0) is 0 Å². The normalized spacial score (nSPS) is 15.8. The van der Waals surface area contributed by atoms with Crippen LogP contribution in [0.5, 0.6) is 0 Å². The molecule has 1 fully saturated rings. The fourth-order valence-corrected chi connectivity index (χ4v) is 3.08. The van der Waals surface area contributed by atoms with Gasteiger partial charge in [-0.15, -0.1) is 0 Å². The Kier molecular flexibility index (Phi) is 5.13. The minimum Gasteiger partial charge on any atom is -0.322 e. The summed E-state index contributed by atoms with van der Waals surface area (Å²) < 4.78 is 0. The molecule has 0 saturated carbocycles. The first-order valence-corrected chi connectivity index (χ1v) is 8.54. The summed E-state index contributed by atoms with van der Waals surface area (Å²) in [5.74, 6) is 0. The Balaban J connectivity index is 1.61. The van der Waals surface area contributed by atoms with Gasteiger partial charge in [0.05, 0.1) is 5.69 Å². The van der Waals surface area contributed by atoms with E-state index < -0.39 is 0 Å². The van der Waals surface area contributed by atoms with E-state index in [2.05, 4.69) is 29.3 Å². The summed E-state index contributed by atoms with van der Waals surface area (Å²) >= 11 is 0. The van der Waals surface area contributed by atoms with E-state index in [0.717, 1.165) is 49.2 Å². The molecule has 1 N–H and O–H groups in total. The molecule has 4 heteroatoms. The Hall–Kier alpha value is -2.07. The molecule has 0 bridgehead atoms. The number of hydrogen-bond donors (Lipinski definition) is 1. The van der Waals surface area contributed by atoms with E-state index in [0.29, 0.717) is 0 Å². The number of amides is 2. The van der Waals surface area contributed by atoms with Crippen molar-refractivity contribution in [2.24, 2.45) is 0 Å². The summed E-state index contributed by atoms with van der Waals surface area (Å²) in [7, 11) is 0. The van der Waals surface area contributed by atoms with Crippen molar-refractivity contribution in [1.82, 2.24) is 9.80 Å². The molecule has 0 unspecified atom stereocenters. The van der Waals surface area contributed by atoms with Gasteiger partial charge in [-0.3, -0.25) is 4.90 Å². The molecule has 23 heavy (non-hydrogen) atoms. The van der Waals surface area contributed by atoms with Crippen LogP contribution in [0, 0.1) is 0 Å². The molecule has 1 aliphatic rings. The van der Waals surface area contributed by atoms with Crippen LogP contribution in [0.4, 0.5) is 10.5 Å². The summed E-state index contributed by atoms with van der Waals surface area (Å²) in [5, 5.41) is 5.32. The molecule has 2 aromatic rings. The van der Waals surface area contributed by atoms with Crippen LogP contribution in [0.1, 0.15) is 19.8 Å². The number of carbonyl (C=O) groups is 1. The van der Waals surface area contributed by atoms with E-state index >= 15 is 0 Å². The summed E-state index contributed by atoms with van der Waals surface area (Å²) in [6.45, 7) is 6.93. The first kappa shape index (κ1) is 15.8. The van der Waals surface area contributed by atoms with Crippen molar-refractivity contribution in [2.45, 2.75) is 19.8 Å². The third-order valence-electron chi connectivity index (χ3n) is 4.52. The Morgan fingerprint density at radius 2 is 1.78 bits per heavy atom. The minimum absolute atomic E-state index is 0.0106. The number of piperazine rings is 1. The zero-order valence-electron chi connectivity index (χ0n) is 13.8. The molecule has 0 aromatic heterocycles. The number of urea groups is 1. The molecule has 3 rings (SSSR count). The van der Waals surface area contributed by atoms with E-state index in [1.54, 1.807) is 0 Å². The molecule has 1 aliphatic heterocycles. The highest BCUT2D eigenvalue weighted by Gasteiger charge is 2.20. The summed E-state index contributed by atoms with van der Waals surface area (Å²) in [6, 6.07) is 14.2. The molecule has 0 aliphatic carbocycles. The van der Waals surface area contributed by atoms with E-state index in [1.807, 2.05) is 35.2 Å². The number of nitrogens with one attached hydrogen (secondary N) is 1. The van der Waals surface area contributed by atoms with E-state index in [1.165, 1.54) is 12.8 Å². The van der Waals surface area contributed by atoms with Crippen molar-refractivity contribution in [1.29, 1.82) is 0 Å². The minimum atomic E-state index is 0.0106. The smallest absolute Gasteiger partial charge is 0.321 e. The average molecular weight is 311 g/mol. The van der Waals surface area contributed by atoms with Gasteiger partial charge in [0, 0.05) is 31.6 Å². The van der Waals surface area contributed by atoms with Gasteiger partial charge in [0.2, 0.25) is 0 Å². The second-order valence-electron chi connectivity index (χ2n) is 6.14. The lowest BCUT2D eigenvalue weighted by Crippen LogP contribution is -2.50. The summed E-state index contributed by atoms with van der Waals surface area (Å²) in [5.41, 5.74) is 0.890. The Morgan fingerprint density at radius 3 is 2.57 bits per heavy atom. The number of benzene rings is 2. The average Bonchev–Trinajstić information content (AvgIpc) is 2.60. The SMILES string of the molecule is CCCCN1CCN(C(=O)Nc2cccc3ccccc23)CC1. The molecule has 1 saturated heterocycles. The number of unbranched alkanes of at least 4 members (excludes halogenated alkanes) is 1. The quantitative estimate of drug-likeness (QED) is 0.932. The highest BCUT2D eigenvalue weighted by atomic mass is 16.2.